The van der Waals surface area contributed by atoms with Gasteiger partial charge in [0.05, 0.1) is 0 Å². The highest BCUT2D eigenvalue weighted by molar-refractivity contribution is 5.94. The smallest absolute Gasteiger partial charge is 0.228 e. The minimum atomic E-state index is -0.357. The lowest BCUT2D eigenvalue weighted by atomic mass is 10.4. The van der Waals surface area contributed by atoms with Gasteiger partial charge >= 0.3 is 0 Å². The molecule has 1 saturated heterocycles. The van der Waals surface area contributed by atoms with Crippen molar-refractivity contribution in [1.29, 1.82) is 0 Å². The maximum Gasteiger partial charge on any atom is 0.228 e. The molecule has 13 heavy (non-hydrogen) atoms. The number of carbonyl (C=O) groups is 1. The van der Waals surface area contributed by atoms with Crippen LogP contribution in [0.5, 0.6) is 0 Å². The van der Waals surface area contributed by atoms with E-state index >= 15 is 0 Å². The molecule has 0 N–H and O–H groups in total. The number of halogens is 1. The predicted molar refractivity (Wildman–Crippen MR) is 45.8 cm³/mol. The Morgan fingerprint density at radius 1 is 1.54 bits per heavy atom. The van der Waals surface area contributed by atoms with Crippen LogP contribution in [-0.4, -0.2) is 17.4 Å². The summed E-state index contributed by atoms with van der Waals surface area (Å²) in [6.45, 7) is 0.648. The van der Waals surface area contributed by atoms with Crippen molar-refractivity contribution in [2.45, 2.75) is 12.8 Å². The molecule has 0 atom stereocenters. The van der Waals surface area contributed by atoms with Gasteiger partial charge in [0.25, 0.3) is 0 Å². The largest absolute Gasteiger partial charge is 0.297 e. The van der Waals surface area contributed by atoms with Crippen molar-refractivity contribution in [2.75, 3.05) is 11.4 Å². The highest BCUT2D eigenvalue weighted by Gasteiger charge is 2.22. The Morgan fingerprint density at radius 3 is 3.00 bits per heavy atom. The molecule has 4 heteroatoms. The third-order valence-corrected chi connectivity index (χ3v) is 2.06. The summed E-state index contributed by atoms with van der Waals surface area (Å²) in [6, 6.07) is 2.55. The molecule has 0 unspecified atom stereocenters. The van der Waals surface area contributed by atoms with Crippen LogP contribution in [0.15, 0.2) is 18.3 Å². The van der Waals surface area contributed by atoms with E-state index in [1.807, 2.05) is 0 Å². The number of pyridine rings is 1. The molecule has 1 aliphatic heterocycles. The average molecular weight is 180 g/mol. The topological polar surface area (TPSA) is 33.2 Å². The van der Waals surface area contributed by atoms with Gasteiger partial charge in [0.15, 0.2) is 0 Å². The normalized spacial score (nSPS) is 16.7. The zero-order valence-electron chi connectivity index (χ0n) is 7.03. The zero-order valence-corrected chi connectivity index (χ0v) is 7.03. The number of anilines is 1. The summed E-state index contributed by atoms with van der Waals surface area (Å²) >= 11 is 0. The summed E-state index contributed by atoms with van der Waals surface area (Å²) in [5.41, 5.74) is 0. The SMILES string of the molecule is O=C1CCCN1c1cc(F)ccn1. The number of hydrogen-bond acceptors (Lipinski definition) is 2. The second-order valence-corrected chi connectivity index (χ2v) is 2.98. The molecule has 68 valence electrons. The van der Waals surface area contributed by atoms with Crippen LogP contribution in [0, 0.1) is 5.82 Å². The molecule has 0 radical (unpaired) electrons. The molecular formula is C9H9FN2O. The van der Waals surface area contributed by atoms with Gasteiger partial charge in [-0.3, -0.25) is 9.69 Å². The number of rotatable bonds is 1. The van der Waals surface area contributed by atoms with E-state index < -0.39 is 0 Å². The minimum Gasteiger partial charge on any atom is -0.297 e. The minimum absolute atomic E-state index is 0.0260. The summed E-state index contributed by atoms with van der Waals surface area (Å²) in [5.74, 6) is 0.0882. The van der Waals surface area contributed by atoms with E-state index in [0.29, 0.717) is 18.8 Å². The number of amides is 1. The van der Waals surface area contributed by atoms with E-state index in [2.05, 4.69) is 4.98 Å². The second kappa shape index (κ2) is 3.12. The number of aromatic nitrogens is 1. The standard InChI is InChI=1S/C9H9FN2O/c10-7-3-4-11-8(6-7)12-5-1-2-9(12)13/h3-4,6H,1-2,5H2. The number of carbonyl (C=O) groups excluding carboxylic acids is 1. The molecular weight excluding hydrogens is 171 g/mol. The maximum atomic E-state index is 12.8. The molecule has 1 amide bonds. The van der Waals surface area contributed by atoms with Gasteiger partial charge in [-0.2, -0.15) is 0 Å². The maximum absolute atomic E-state index is 12.8. The summed E-state index contributed by atoms with van der Waals surface area (Å²) in [6.07, 6.45) is 2.74. The van der Waals surface area contributed by atoms with Gasteiger partial charge in [0, 0.05) is 25.2 Å². The van der Waals surface area contributed by atoms with E-state index in [9.17, 15) is 9.18 Å². The zero-order chi connectivity index (χ0) is 9.26. The lowest BCUT2D eigenvalue weighted by molar-refractivity contribution is -0.117. The predicted octanol–water partition coefficient (Wildman–Crippen LogP) is 1.35. The van der Waals surface area contributed by atoms with Crippen LogP contribution in [-0.2, 0) is 4.79 Å². The molecule has 1 aliphatic rings. The van der Waals surface area contributed by atoms with Gasteiger partial charge in [-0.1, -0.05) is 0 Å². The molecule has 3 nitrogen and oxygen atoms in total. The van der Waals surface area contributed by atoms with Crippen LogP contribution in [0.25, 0.3) is 0 Å². The first-order valence-corrected chi connectivity index (χ1v) is 4.19. The van der Waals surface area contributed by atoms with Crippen molar-refractivity contribution < 1.29 is 9.18 Å². The van der Waals surface area contributed by atoms with Gasteiger partial charge in [-0.15, -0.1) is 0 Å². The van der Waals surface area contributed by atoms with Crippen molar-refractivity contribution in [3.8, 4) is 0 Å². The molecule has 0 aromatic carbocycles. The van der Waals surface area contributed by atoms with Crippen LogP contribution in [0.1, 0.15) is 12.8 Å². The van der Waals surface area contributed by atoms with E-state index in [1.54, 1.807) is 0 Å². The Hall–Kier alpha value is -1.45. The molecule has 1 aromatic rings. The molecule has 0 aliphatic carbocycles. The fourth-order valence-corrected chi connectivity index (χ4v) is 1.43. The average Bonchev–Trinajstić information content (AvgIpc) is 2.51. The van der Waals surface area contributed by atoms with Crippen molar-refractivity contribution >= 4 is 11.7 Å². The van der Waals surface area contributed by atoms with Crippen LogP contribution in [0.2, 0.25) is 0 Å². The van der Waals surface area contributed by atoms with Gasteiger partial charge in [0.2, 0.25) is 5.91 Å². The third kappa shape index (κ3) is 1.52. The van der Waals surface area contributed by atoms with Crippen LogP contribution in [0.4, 0.5) is 10.2 Å². The number of nitrogens with zero attached hydrogens (tertiary/aromatic N) is 2. The Morgan fingerprint density at radius 2 is 2.38 bits per heavy atom. The van der Waals surface area contributed by atoms with Crippen LogP contribution in [0.3, 0.4) is 0 Å². The Labute approximate surface area is 75.2 Å². The molecule has 1 aromatic heterocycles. The van der Waals surface area contributed by atoms with Gasteiger partial charge < -0.3 is 0 Å². The first-order chi connectivity index (χ1) is 6.27. The highest BCUT2D eigenvalue weighted by Crippen LogP contribution is 2.18. The lowest BCUT2D eigenvalue weighted by Crippen LogP contribution is -2.24. The first kappa shape index (κ1) is 8.16. The second-order valence-electron chi connectivity index (χ2n) is 2.98. The summed E-state index contributed by atoms with van der Waals surface area (Å²) in [5, 5.41) is 0. The quantitative estimate of drug-likeness (QED) is 0.653. The van der Waals surface area contributed by atoms with Crippen molar-refractivity contribution in [2.24, 2.45) is 0 Å². The van der Waals surface area contributed by atoms with Crippen molar-refractivity contribution in [3.63, 3.8) is 0 Å². The third-order valence-electron chi connectivity index (χ3n) is 2.06. The Balaban J connectivity index is 2.29. The Bertz CT molecular complexity index is 340. The van der Waals surface area contributed by atoms with Crippen LogP contribution < -0.4 is 4.90 Å². The molecule has 2 heterocycles. The van der Waals surface area contributed by atoms with E-state index in [0.717, 1.165) is 6.42 Å². The van der Waals surface area contributed by atoms with E-state index in [-0.39, 0.29) is 11.7 Å². The molecule has 2 rings (SSSR count). The molecule has 1 fully saturated rings. The first-order valence-electron chi connectivity index (χ1n) is 4.19. The molecule has 0 bridgehead atoms. The van der Waals surface area contributed by atoms with Crippen molar-refractivity contribution in [3.05, 3.63) is 24.1 Å². The van der Waals surface area contributed by atoms with Gasteiger partial charge in [-0.25, -0.2) is 9.37 Å². The Kier molecular flexibility index (Phi) is 1.96. The molecule has 0 spiro atoms. The summed E-state index contributed by atoms with van der Waals surface area (Å²) < 4.78 is 12.8. The fourth-order valence-electron chi connectivity index (χ4n) is 1.43. The van der Waals surface area contributed by atoms with Gasteiger partial charge in [-0.05, 0) is 12.5 Å². The highest BCUT2D eigenvalue weighted by atomic mass is 19.1. The van der Waals surface area contributed by atoms with E-state index in [4.69, 9.17) is 0 Å². The molecule has 0 saturated carbocycles. The van der Waals surface area contributed by atoms with Gasteiger partial charge in [0.1, 0.15) is 11.6 Å². The van der Waals surface area contributed by atoms with Crippen LogP contribution >= 0.6 is 0 Å². The van der Waals surface area contributed by atoms with Crippen molar-refractivity contribution in [1.82, 2.24) is 4.98 Å². The monoisotopic (exact) mass is 180 g/mol. The fraction of sp³-hybridized carbons (Fsp3) is 0.333. The number of hydrogen-bond donors (Lipinski definition) is 0. The summed E-state index contributed by atoms with van der Waals surface area (Å²) in [7, 11) is 0. The summed E-state index contributed by atoms with van der Waals surface area (Å²) in [4.78, 5) is 16.7. The lowest BCUT2D eigenvalue weighted by Gasteiger charge is -2.13. The van der Waals surface area contributed by atoms with E-state index in [1.165, 1.54) is 23.2 Å².